The van der Waals surface area contributed by atoms with Gasteiger partial charge in [0, 0.05) is 11.9 Å². The van der Waals surface area contributed by atoms with Crippen LogP contribution in [-0.2, 0) is 0 Å². The molecule has 1 aromatic heterocycles. The molecule has 0 aliphatic carbocycles. The van der Waals surface area contributed by atoms with Crippen LogP contribution in [0.2, 0.25) is 0 Å². The number of aromatic nitrogens is 2. The van der Waals surface area contributed by atoms with Gasteiger partial charge in [0.25, 0.3) is 0 Å². The summed E-state index contributed by atoms with van der Waals surface area (Å²) in [5, 5.41) is 13.3. The topological polar surface area (TPSA) is 58.0 Å². The van der Waals surface area contributed by atoms with Crippen molar-refractivity contribution in [1.82, 2.24) is 9.97 Å². The van der Waals surface area contributed by atoms with E-state index in [0.29, 0.717) is 12.4 Å². The van der Waals surface area contributed by atoms with Gasteiger partial charge in [0.15, 0.2) is 0 Å². The number of fused-ring (bicyclic) bond motifs is 1. The second kappa shape index (κ2) is 3.96. The summed E-state index contributed by atoms with van der Waals surface area (Å²) in [5.74, 6) is 0.623. The molecule has 1 heterocycles. The average molecular weight is 201 g/mol. The van der Waals surface area contributed by atoms with Crippen molar-refractivity contribution in [3.63, 3.8) is 0 Å². The second-order valence-electron chi connectivity index (χ2n) is 3.06. The number of para-hydroxylation sites is 1. The van der Waals surface area contributed by atoms with Crippen LogP contribution in [0.5, 0.6) is 6.01 Å². The highest BCUT2D eigenvalue weighted by Gasteiger charge is 2.04. The Bertz CT molecular complexity index is 496. The van der Waals surface area contributed by atoms with Crippen molar-refractivity contribution >= 4 is 16.7 Å². The summed E-state index contributed by atoms with van der Waals surface area (Å²) in [7, 11) is 0. The van der Waals surface area contributed by atoms with E-state index in [-0.39, 0.29) is 6.01 Å². The van der Waals surface area contributed by atoms with Gasteiger partial charge in [0.2, 0.25) is 0 Å². The average Bonchev–Trinajstić information content (AvgIpc) is 2.25. The van der Waals surface area contributed by atoms with Crippen molar-refractivity contribution in [2.45, 2.75) is 0 Å². The first-order chi connectivity index (χ1) is 7.31. The molecule has 15 heavy (non-hydrogen) atoms. The molecule has 0 amide bonds. The van der Waals surface area contributed by atoms with Crippen LogP contribution < -0.4 is 5.32 Å². The van der Waals surface area contributed by atoms with Crippen molar-refractivity contribution in [3.8, 4) is 6.01 Å². The number of benzene rings is 1. The van der Waals surface area contributed by atoms with Crippen LogP contribution in [0.1, 0.15) is 0 Å². The number of hydrogen-bond acceptors (Lipinski definition) is 4. The molecule has 2 rings (SSSR count). The van der Waals surface area contributed by atoms with E-state index in [0.717, 1.165) is 10.9 Å². The van der Waals surface area contributed by atoms with Gasteiger partial charge in [0.05, 0.1) is 5.52 Å². The summed E-state index contributed by atoms with van der Waals surface area (Å²) in [4.78, 5) is 7.85. The fourth-order valence-corrected chi connectivity index (χ4v) is 1.37. The molecule has 2 aromatic rings. The van der Waals surface area contributed by atoms with Crippen LogP contribution in [0.25, 0.3) is 10.9 Å². The number of hydrogen-bond donors (Lipinski definition) is 2. The summed E-state index contributed by atoms with van der Waals surface area (Å²) in [6.45, 7) is 4.21. The second-order valence-corrected chi connectivity index (χ2v) is 3.06. The maximum absolute atomic E-state index is 9.32. The van der Waals surface area contributed by atoms with Crippen molar-refractivity contribution in [2.24, 2.45) is 0 Å². The van der Waals surface area contributed by atoms with Crippen molar-refractivity contribution in [3.05, 3.63) is 36.9 Å². The fourth-order valence-electron chi connectivity index (χ4n) is 1.37. The summed E-state index contributed by atoms with van der Waals surface area (Å²) < 4.78 is 0. The van der Waals surface area contributed by atoms with Crippen molar-refractivity contribution < 1.29 is 5.11 Å². The highest BCUT2D eigenvalue weighted by molar-refractivity contribution is 5.89. The van der Waals surface area contributed by atoms with Crippen LogP contribution in [0, 0.1) is 0 Å². The minimum Gasteiger partial charge on any atom is -0.479 e. The number of anilines is 1. The molecule has 0 unspecified atom stereocenters. The summed E-state index contributed by atoms with van der Waals surface area (Å²) >= 11 is 0. The van der Waals surface area contributed by atoms with Gasteiger partial charge in [-0.2, -0.15) is 9.97 Å². The molecule has 4 nitrogen and oxygen atoms in total. The first-order valence-corrected chi connectivity index (χ1v) is 4.62. The van der Waals surface area contributed by atoms with Gasteiger partial charge < -0.3 is 10.4 Å². The van der Waals surface area contributed by atoms with E-state index < -0.39 is 0 Å². The Hall–Kier alpha value is -2.10. The molecule has 4 heteroatoms. The first kappa shape index (κ1) is 9.45. The minimum atomic E-state index is -0.222. The summed E-state index contributed by atoms with van der Waals surface area (Å²) in [6, 6.07) is 7.28. The molecule has 1 aromatic carbocycles. The molecule has 0 bridgehead atoms. The van der Waals surface area contributed by atoms with Crippen LogP contribution in [0.4, 0.5) is 5.82 Å². The van der Waals surface area contributed by atoms with E-state index in [1.807, 2.05) is 24.3 Å². The lowest BCUT2D eigenvalue weighted by molar-refractivity contribution is 0.434. The van der Waals surface area contributed by atoms with E-state index >= 15 is 0 Å². The van der Waals surface area contributed by atoms with Crippen molar-refractivity contribution in [1.29, 1.82) is 0 Å². The van der Waals surface area contributed by atoms with E-state index in [2.05, 4.69) is 21.9 Å². The Labute approximate surface area is 87.3 Å². The third-order valence-electron chi connectivity index (χ3n) is 2.01. The van der Waals surface area contributed by atoms with E-state index in [1.54, 1.807) is 6.08 Å². The van der Waals surface area contributed by atoms with E-state index in [9.17, 15) is 5.11 Å². The summed E-state index contributed by atoms with van der Waals surface area (Å²) in [5.41, 5.74) is 0.719. The third-order valence-corrected chi connectivity index (χ3v) is 2.01. The highest BCUT2D eigenvalue weighted by atomic mass is 16.3. The van der Waals surface area contributed by atoms with Gasteiger partial charge in [-0.15, -0.1) is 6.58 Å². The molecule has 0 radical (unpaired) electrons. The Kier molecular flexibility index (Phi) is 2.49. The number of rotatable bonds is 3. The van der Waals surface area contributed by atoms with Gasteiger partial charge in [0.1, 0.15) is 5.82 Å². The predicted octanol–water partition coefficient (Wildman–Crippen LogP) is 1.93. The van der Waals surface area contributed by atoms with Crippen LogP contribution in [-0.4, -0.2) is 21.6 Å². The predicted molar refractivity (Wildman–Crippen MR) is 59.9 cm³/mol. The zero-order valence-electron chi connectivity index (χ0n) is 8.14. The third kappa shape index (κ3) is 1.88. The van der Waals surface area contributed by atoms with Crippen LogP contribution in [0.3, 0.4) is 0 Å². The molecule has 0 aliphatic heterocycles. The number of nitrogens with one attached hydrogen (secondary N) is 1. The normalized spacial score (nSPS) is 10.1. The highest BCUT2D eigenvalue weighted by Crippen LogP contribution is 2.21. The Morgan fingerprint density at radius 2 is 2.13 bits per heavy atom. The lowest BCUT2D eigenvalue weighted by Crippen LogP contribution is -2.01. The Morgan fingerprint density at radius 1 is 1.33 bits per heavy atom. The van der Waals surface area contributed by atoms with Crippen molar-refractivity contribution in [2.75, 3.05) is 11.9 Å². The van der Waals surface area contributed by atoms with E-state index in [1.165, 1.54) is 0 Å². The molecule has 2 N–H and O–H groups in total. The van der Waals surface area contributed by atoms with E-state index in [4.69, 9.17) is 0 Å². The van der Waals surface area contributed by atoms with Gasteiger partial charge >= 0.3 is 6.01 Å². The van der Waals surface area contributed by atoms with Crippen LogP contribution in [0.15, 0.2) is 36.9 Å². The van der Waals surface area contributed by atoms with Gasteiger partial charge in [-0.25, -0.2) is 0 Å². The molecular weight excluding hydrogens is 190 g/mol. The first-order valence-electron chi connectivity index (χ1n) is 4.62. The smallest absolute Gasteiger partial charge is 0.316 e. The van der Waals surface area contributed by atoms with Crippen LogP contribution >= 0.6 is 0 Å². The zero-order chi connectivity index (χ0) is 10.7. The maximum atomic E-state index is 9.32. The number of aromatic hydroxyl groups is 1. The molecule has 76 valence electrons. The molecule has 0 saturated heterocycles. The largest absolute Gasteiger partial charge is 0.479 e. The lowest BCUT2D eigenvalue weighted by atomic mass is 10.2. The SMILES string of the molecule is C=CCNc1nc(O)nc2ccccc12. The maximum Gasteiger partial charge on any atom is 0.316 e. The number of nitrogens with zero attached hydrogens (tertiary/aromatic N) is 2. The summed E-state index contributed by atoms with van der Waals surface area (Å²) in [6.07, 6.45) is 1.73. The Balaban J connectivity index is 2.55. The zero-order valence-corrected chi connectivity index (χ0v) is 8.14. The van der Waals surface area contributed by atoms with Gasteiger partial charge in [-0.1, -0.05) is 18.2 Å². The van der Waals surface area contributed by atoms with Gasteiger partial charge in [-0.05, 0) is 12.1 Å². The standard InChI is InChI=1S/C11H11N3O/c1-2-7-12-10-8-5-3-4-6-9(8)13-11(15)14-10/h2-6H,1,7H2,(H2,12,13,14,15). The molecular formula is C11H11N3O. The fraction of sp³-hybridized carbons (Fsp3) is 0.0909. The quantitative estimate of drug-likeness (QED) is 0.745. The molecule has 0 atom stereocenters. The van der Waals surface area contributed by atoms with Gasteiger partial charge in [-0.3, -0.25) is 0 Å². The molecule has 0 saturated carbocycles. The Morgan fingerprint density at radius 3 is 2.93 bits per heavy atom. The minimum absolute atomic E-state index is 0.222. The molecule has 0 spiro atoms. The molecule has 0 fully saturated rings. The monoisotopic (exact) mass is 201 g/mol. The molecule has 0 aliphatic rings. The lowest BCUT2D eigenvalue weighted by Gasteiger charge is -2.06.